The summed E-state index contributed by atoms with van der Waals surface area (Å²) in [5.74, 6) is 1.71. The zero-order valence-corrected chi connectivity index (χ0v) is 14.9. The number of nitrogens with one attached hydrogen (secondary N) is 1. The molecule has 26 heavy (non-hydrogen) atoms. The lowest BCUT2D eigenvalue weighted by Gasteiger charge is -2.30. The molecular formula is C20H23N5O. The van der Waals surface area contributed by atoms with E-state index in [4.69, 9.17) is 10.5 Å². The van der Waals surface area contributed by atoms with Crippen molar-refractivity contribution in [1.29, 1.82) is 0 Å². The quantitative estimate of drug-likeness (QED) is 0.698. The molecular weight excluding hydrogens is 326 g/mol. The van der Waals surface area contributed by atoms with Crippen molar-refractivity contribution < 1.29 is 4.74 Å². The van der Waals surface area contributed by atoms with Gasteiger partial charge >= 0.3 is 0 Å². The van der Waals surface area contributed by atoms with Crippen LogP contribution in [-0.4, -0.2) is 27.1 Å². The second kappa shape index (κ2) is 7.15. The van der Waals surface area contributed by atoms with Crippen LogP contribution in [0.25, 0.3) is 11.0 Å². The Morgan fingerprint density at radius 2 is 1.85 bits per heavy atom. The van der Waals surface area contributed by atoms with Gasteiger partial charge in [-0.1, -0.05) is 6.07 Å². The minimum absolute atomic E-state index is 0.171. The Morgan fingerprint density at radius 3 is 2.65 bits per heavy atom. The van der Waals surface area contributed by atoms with Crippen molar-refractivity contribution in [1.82, 2.24) is 15.0 Å². The molecule has 134 valence electrons. The lowest BCUT2D eigenvalue weighted by molar-refractivity contribution is 0.152. The van der Waals surface area contributed by atoms with Gasteiger partial charge in [0.2, 0.25) is 0 Å². The van der Waals surface area contributed by atoms with Gasteiger partial charge in [0.15, 0.2) is 0 Å². The zero-order chi connectivity index (χ0) is 17.9. The van der Waals surface area contributed by atoms with Crippen LogP contribution in [0.1, 0.15) is 31.2 Å². The summed E-state index contributed by atoms with van der Waals surface area (Å²) in [6.45, 7) is 2.08. The largest absolute Gasteiger partial charge is 0.488 e. The van der Waals surface area contributed by atoms with Crippen molar-refractivity contribution >= 4 is 22.5 Å². The van der Waals surface area contributed by atoms with Crippen LogP contribution in [0.2, 0.25) is 0 Å². The fraction of sp³-hybridized carbons (Fsp3) is 0.350. The maximum atomic E-state index is 6.25. The molecule has 1 fully saturated rings. The molecule has 6 heteroatoms. The van der Waals surface area contributed by atoms with Crippen LogP contribution in [0.4, 0.5) is 11.5 Å². The molecule has 0 saturated heterocycles. The Kier molecular flexibility index (Phi) is 4.56. The lowest BCUT2D eigenvalue weighted by Crippen LogP contribution is -2.31. The van der Waals surface area contributed by atoms with Gasteiger partial charge in [0.25, 0.3) is 0 Å². The van der Waals surface area contributed by atoms with Crippen LogP contribution in [0.15, 0.2) is 42.9 Å². The summed E-state index contributed by atoms with van der Waals surface area (Å²) in [6, 6.07) is 8.14. The van der Waals surface area contributed by atoms with Crippen molar-refractivity contribution in [3.63, 3.8) is 0 Å². The van der Waals surface area contributed by atoms with E-state index in [2.05, 4.69) is 33.3 Å². The summed E-state index contributed by atoms with van der Waals surface area (Å²) in [5, 5.41) is 3.56. The molecule has 6 nitrogen and oxygen atoms in total. The van der Waals surface area contributed by atoms with Crippen molar-refractivity contribution in [2.24, 2.45) is 0 Å². The first-order valence-electron chi connectivity index (χ1n) is 9.04. The Balaban J connectivity index is 1.41. The predicted octanol–water partition coefficient (Wildman–Crippen LogP) is 3.72. The van der Waals surface area contributed by atoms with Gasteiger partial charge in [0, 0.05) is 36.4 Å². The molecule has 1 aromatic carbocycles. The van der Waals surface area contributed by atoms with E-state index < -0.39 is 0 Å². The van der Waals surface area contributed by atoms with Crippen LogP contribution >= 0.6 is 0 Å². The highest BCUT2D eigenvalue weighted by Gasteiger charge is 2.23. The van der Waals surface area contributed by atoms with Crippen LogP contribution in [0.3, 0.4) is 0 Å². The molecule has 3 N–H and O–H groups in total. The number of nitrogen functional groups attached to an aromatic ring is 1. The first kappa shape index (κ1) is 16.6. The Bertz CT molecular complexity index is 906. The SMILES string of the molecule is Cc1cccnc1NC1CCC(Oc2cc(N)cc3nccnc23)CC1. The summed E-state index contributed by atoms with van der Waals surface area (Å²) in [4.78, 5) is 13.2. The number of nitrogens with two attached hydrogens (primary N) is 1. The maximum Gasteiger partial charge on any atom is 0.149 e. The highest BCUT2D eigenvalue weighted by Crippen LogP contribution is 2.31. The van der Waals surface area contributed by atoms with E-state index >= 15 is 0 Å². The van der Waals surface area contributed by atoms with Crippen molar-refractivity contribution in [2.45, 2.75) is 44.8 Å². The van der Waals surface area contributed by atoms with Gasteiger partial charge in [-0.25, -0.2) is 9.97 Å². The van der Waals surface area contributed by atoms with Crippen molar-refractivity contribution in [3.05, 3.63) is 48.4 Å². The number of aryl methyl sites for hydroxylation is 1. The standard InChI is InChI=1S/C20H23N5O/c1-13-3-2-8-24-20(13)25-15-4-6-16(7-5-15)26-18-12-14(21)11-17-19(18)23-10-9-22-17/h2-3,8-12,15-16H,4-7,21H2,1H3,(H,24,25). The summed E-state index contributed by atoms with van der Waals surface area (Å²) in [7, 11) is 0. The molecule has 1 saturated carbocycles. The number of hydrogen-bond acceptors (Lipinski definition) is 6. The number of nitrogens with zero attached hydrogens (tertiary/aromatic N) is 3. The normalized spacial score (nSPS) is 20.0. The molecule has 0 aliphatic heterocycles. The number of anilines is 2. The van der Waals surface area contributed by atoms with E-state index in [0.717, 1.165) is 48.3 Å². The highest BCUT2D eigenvalue weighted by molar-refractivity contribution is 5.84. The molecule has 2 heterocycles. The maximum absolute atomic E-state index is 6.25. The van der Waals surface area contributed by atoms with Crippen molar-refractivity contribution in [2.75, 3.05) is 11.1 Å². The van der Waals surface area contributed by atoms with Gasteiger partial charge in [-0.15, -0.1) is 0 Å². The van der Waals surface area contributed by atoms with E-state index in [1.807, 2.05) is 24.4 Å². The van der Waals surface area contributed by atoms with Crippen molar-refractivity contribution in [3.8, 4) is 5.75 Å². The second-order valence-electron chi connectivity index (χ2n) is 6.85. The van der Waals surface area contributed by atoms with E-state index in [1.54, 1.807) is 12.4 Å². The number of hydrogen-bond donors (Lipinski definition) is 2. The van der Waals surface area contributed by atoms with Gasteiger partial charge in [0.05, 0.1) is 11.6 Å². The smallest absolute Gasteiger partial charge is 0.149 e. The summed E-state index contributed by atoms with van der Waals surface area (Å²) in [5.41, 5.74) is 9.35. The van der Waals surface area contributed by atoms with E-state index in [0.29, 0.717) is 11.7 Å². The number of rotatable bonds is 4. The van der Waals surface area contributed by atoms with Gasteiger partial charge in [-0.05, 0) is 50.3 Å². The topological polar surface area (TPSA) is 86.0 Å². The third kappa shape index (κ3) is 3.54. The zero-order valence-electron chi connectivity index (χ0n) is 14.9. The average Bonchev–Trinajstić information content (AvgIpc) is 2.65. The van der Waals surface area contributed by atoms with Crippen LogP contribution in [0, 0.1) is 6.92 Å². The van der Waals surface area contributed by atoms with Crippen LogP contribution in [-0.2, 0) is 0 Å². The Morgan fingerprint density at radius 1 is 1.04 bits per heavy atom. The number of aromatic nitrogens is 3. The van der Waals surface area contributed by atoms with Gasteiger partial charge in [-0.3, -0.25) is 4.98 Å². The Hall–Kier alpha value is -2.89. The number of pyridine rings is 1. The molecule has 0 bridgehead atoms. The first-order valence-corrected chi connectivity index (χ1v) is 9.04. The molecule has 1 aliphatic carbocycles. The van der Waals surface area contributed by atoms with E-state index in [-0.39, 0.29) is 6.10 Å². The molecule has 0 unspecified atom stereocenters. The Labute approximate surface area is 152 Å². The highest BCUT2D eigenvalue weighted by atomic mass is 16.5. The van der Waals surface area contributed by atoms with Crippen LogP contribution < -0.4 is 15.8 Å². The molecule has 2 aromatic heterocycles. The predicted molar refractivity (Wildman–Crippen MR) is 103 cm³/mol. The first-order chi connectivity index (χ1) is 12.7. The number of benzene rings is 1. The molecule has 0 spiro atoms. The van der Waals surface area contributed by atoms with Gasteiger partial charge in [0.1, 0.15) is 17.1 Å². The van der Waals surface area contributed by atoms with E-state index in [9.17, 15) is 0 Å². The second-order valence-corrected chi connectivity index (χ2v) is 6.85. The fourth-order valence-electron chi connectivity index (χ4n) is 3.49. The number of fused-ring (bicyclic) bond motifs is 1. The molecule has 3 aromatic rings. The summed E-state index contributed by atoms with van der Waals surface area (Å²) >= 11 is 0. The average molecular weight is 349 g/mol. The summed E-state index contributed by atoms with van der Waals surface area (Å²) in [6.07, 6.45) is 9.42. The van der Waals surface area contributed by atoms with Gasteiger partial charge < -0.3 is 15.8 Å². The monoisotopic (exact) mass is 349 g/mol. The summed E-state index contributed by atoms with van der Waals surface area (Å²) < 4.78 is 6.25. The minimum atomic E-state index is 0.171. The minimum Gasteiger partial charge on any atom is -0.488 e. The van der Waals surface area contributed by atoms with Gasteiger partial charge in [-0.2, -0.15) is 0 Å². The van der Waals surface area contributed by atoms with E-state index in [1.165, 1.54) is 5.56 Å². The fourth-order valence-corrected chi connectivity index (χ4v) is 3.49. The third-order valence-electron chi connectivity index (χ3n) is 4.88. The molecule has 0 radical (unpaired) electrons. The molecule has 4 rings (SSSR count). The third-order valence-corrected chi connectivity index (χ3v) is 4.88. The molecule has 0 amide bonds. The van der Waals surface area contributed by atoms with Crippen LogP contribution in [0.5, 0.6) is 5.75 Å². The number of ether oxygens (including phenoxy) is 1. The lowest BCUT2D eigenvalue weighted by atomic mass is 9.92. The molecule has 0 atom stereocenters. The molecule has 1 aliphatic rings.